The summed E-state index contributed by atoms with van der Waals surface area (Å²) >= 11 is 0. The predicted molar refractivity (Wildman–Crippen MR) is 72.5 cm³/mol. The largest absolute Gasteiger partial charge is 0.327 e. The van der Waals surface area contributed by atoms with E-state index in [1.54, 1.807) is 0 Å². The highest BCUT2D eigenvalue weighted by atomic mass is 15.1. The number of nitrogens with zero attached hydrogens (tertiary/aromatic N) is 3. The molecule has 3 heteroatoms. The maximum atomic E-state index is 4.74. The van der Waals surface area contributed by atoms with Crippen LogP contribution in [-0.4, -0.2) is 14.5 Å². The van der Waals surface area contributed by atoms with E-state index in [4.69, 9.17) is 4.98 Å². The molecular weight excluding hydrogens is 222 g/mol. The first kappa shape index (κ1) is 10.1. The Labute approximate surface area is 105 Å². The van der Waals surface area contributed by atoms with Gasteiger partial charge in [0.15, 0.2) is 0 Å². The van der Waals surface area contributed by atoms with Crippen molar-refractivity contribution in [1.29, 1.82) is 0 Å². The van der Waals surface area contributed by atoms with E-state index in [2.05, 4.69) is 34.7 Å². The van der Waals surface area contributed by atoms with Gasteiger partial charge in [-0.2, -0.15) is 0 Å². The van der Waals surface area contributed by atoms with Crippen LogP contribution >= 0.6 is 0 Å². The topological polar surface area (TPSA) is 30.7 Å². The number of para-hydroxylation sites is 1. The number of fused-ring (bicyclic) bond motifs is 5. The fraction of sp³-hybridized carbons (Fsp3) is 0.333. The molecule has 4 rings (SSSR count). The van der Waals surface area contributed by atoms with Gasteiger partial charge in [-0.1, -0.05) is 25.1 Å². The first-order valence-electron chi connectivity index (χ1n) is 6.56. The molecule has 0 aliphatic carbocycles. The fourth-order valence-electron chi connectivity index (χ4n) is 2.98. The molecule has 0 saturated heterocycles. The Morgan fingerprint density at radius 1 is 1.22 bits per heavy atom. The number of hydrogen-bond acceptors (Lipinski definition) is 2. The maximum absolute atomic E-state index is 4.74. The summed E-state index contributed by atoms with van der Waals surface area (Å²) in [6.45, 7) is 3.40. The second-order valence-corrected chi connectivity index (χ2v) is 5.29. The molecule has 0 fully saturated rings. The second kappa shape index (κ2) is 3.55. The summed E-state index contributed by atoms with van der Waals surface area (Å²) in [5, 5.41) is 1.22. The fourth-order valence-corrected chi connectivity index (χ4v) is 2.98. The van der Waals surface area contributed by atoms with Crippen molar-refractivity contribution < 1.29 is 0 Å². The molecule has 3 heterocycles. The molecule has 2 aromatic heterocycles. The van der Waals surface area contributed by atoms with E-state index >= 15 is 0 Å². The van der Waals surface area contributed by atoms with Crippen LogP contribution in [0.4, 0.5) is 0 Å². The first-order valence-corrected chi connectivity index (χ1v) is 6.56. The summed E-state index contributed by atoms with van der Waals surface area (Å²) in [5.74, 6) is 1.96. The van der Waals surface area contributed by atoms with E-state index < -0.39 is 0 Å². The summed E-state index contributed by atoms with van der Waals surface area (Å²) < 4.78 is 2.40. The molecule has 1 aliphatic rings. The molecule has 3 nitrogen and oxygen atoms in total. The third kappa shape index (κ3) is 1.30. The van der Waals surface area contributed by atoms with Gasteiger partial charge in [-0.3, -0.25) is 4.98 Å². The lowest BCUT2D eigenvalue weighted by Crippen LogP contribution is -2.17. The lowest BCUT2D eigenvalue weighted by molar-refractivity contribution is 0.401. The summed E-state index contributed by atoms with van der Waals surface area (Å²) in [5.41, 5.74) is 3.37. The van der Waals surface area contributed by atoms with Crippen LogP contribution in [0.2, 0.25) is 0 Å². The Morgan fingerprint density at radius 2 is 2.11 bits per heavy atom. The van der Waals surface area contributed by atoms with E-state index in [9.17, 15) is 0 Å². The Balaban J connectivity index is 2.14. The van der Waals surface area contributed by atoms with Crippen molar-refractivity contribution in [3.8, 4) is 0 Å². The van der Waals surface area contributed by atoms with Crippen LogP contribution in [0, 0.1) is 5.92 Å². The highest BCUT2D eigenvalue weighted by molar-refractivity contribution is 6.02. The minimum atomic E-state index is 0.738. The number of pyridine rings is 1. The van der Waals surface area contributed by atoms with Crippen LogP contribution in [0.3, 0.4) is 0 Å². The van der Waals surface area contributed by atoms with Gasteiger partial charge in [0.25, 0.3) is 0 Å². The van der Waals surface area contributed by atoms with Crippen molar-refractivity contribution in [1.82, 2.24) is 14.5 Å². The van der Waals surface area contributed by atoms with Gasteiger partial charge < -0.3 is 4.57 Å². The minimum Gasteiger partial charge on any atom is -0.327 e. The Kier molecular flexibility index (Phi) is 1.98. The van der Waals surface area contributed by atoms with Gasteiger partial charge in [0.1, 0.15) is 11.3 Å². The maximum Gasteiger partial charge on any atom is 0.109 e. The van der Waals surface area contributed by atoms with E-state index in [-0.39, 0.29) is 0 Å². The monoisotopic (exact) mass is 237 g/mol. The average Bonchev–Trinajstić information content (AvgIpc) is 2.77. The third-order valence-corrected chi connectivity index (χ3v) is 3.91. The number of aryl methyl sites for hydroxylation is 1. The van der Waals surface area contributed by atoms with Gasteiger partial charge in [0.05, 0.1) is 17.2 Å². The van der Waals surface area contributed by atoms with Crippen molar-refractivity contribution >= 4 is 21.9 Å². The van der Waals surface area contributed by atoms with E-state index in [0.29, 0.717) is 0 Å². The van der Waals surface area contributed by atoms with Crippen molar-refractivity contribution in [2.75, 3.05) is 0 Å². The lowest BCUT2D eigenvalue weighted by atomic mass is 10.0. The van der Waals surface area contributed by atoms with Crippen LogP contribution < -0.4 is 0 Å². The van der Waals surface area contributed by atoms with Gasteiger partial charge in [-0.15, -0.1) is 0 Å². The lowest BCUT2D eigenvalue weighted by Gasteiger charge is -2.20. The van der Waals surface area contributed by atoms with Crippen molar-refractivity contribution in [2.24, 2.45) is 5.92 Å². The second-order valence-electron chi connectivity index (χ2n) is 5.29. The molecule has 90 valence electrons. The molecule has 3 aromatic rings. The molecule has 18 heavy (non-hydrogen) atoms. The quantitative estimate of drug-likeness (QED) is 0.601. The molecule has 0 N–H and O–H groups in total. The molecule has 0 spiro atoms. The molecule has 0 saturated carbocycles. The van der Waals surface area contributed by atoms with Crippen LogP contribution in [0.1, 0.15) is 19.2 Å². The van der Waals surface area contributed by atoms with Crippen molar-refractivity contribution in [2.45, 2.75) is 26.3 Å². The molecular formula is C15H15N3. The SMILES string of the molecule is CC1CCc2nc3cnc4ccccc4c3n2C1. The number of aromatic nitrogens is 3. The van der Waals surface area contributed by atoms with Gasteiger partial charge in [-0.25, -0.2) is 4.98 Å². The smallest absolute Gasteiger partial charge is 0.109 e. The van der Waals surface area contributed by atoms with E-state index in [0.717, 1.165) is 29.9 Å². The normalized spacial score (nSPS) is 19.3. The van der Waals surface area contributed by atoms with Gasteiger partial charge in [-0.05, 0) is 18.4 Å². The summed E-state index contributed by atoms with van der Waals surface area (Å²) in [7, 11) is 0. The molecule has 1 unspecified atom stereocenters. The number of imidazole rings is 1. The standard InChI is InChI=1S/C15H15N3/c1-10-6-7-14-17-13-8-16-12-5-3-2-4-11(12)15(13)18(14)9-10/h2-5,8,10H,6-7,9H2,1H3. The Hall–Kier alpha value is -1.90. The molecule has 1 aromatic carbocycles. The summed E-state index contributed by atoms with van der Waals surface area (Å²) in [6.07, 6.45) is 4.24. The van der Waals surface area contributed by atoms with E-state index in [1.165, 1.54) is 23.1 Å². The van der Waals surface area contributed by atoms with Gasteiger partial charge in [0.2, 0.25) is 0 Å². The molecule has 0 amide bonds. The van der Waals surface area contributed by atoms with Gasteiger partial charge in [0, 0.05) is 18.4 Å². The molecule has 0 radical (unpaired) electrons. The number of benzene rings is 1. The zero-order chi connectivity index (χ0) is 12.1. The predicted octanol–water partition coefficient (Wildman–Crippen LogP) is 3.17. The minimum absolute atomic E-state index is 0.738. The zero-order valence-electron chi connectivity index (χ0n) is 10.4. The highest BCUT2D eigenvalue weighted by Crippen LogP contribution is 2.29. The average molecular weight is 237 g/mol. The molecule has 1 aliphatic heterocycles. The number of rotatable bonds is 0. The molecule has 1 atom stereocenters. The van der Waals surface area contributed by atoms with Crippen molar-refractivity contribution in [3.63, 3.8) is 0 Å². The zero-order valence-corrected chi connectivity index (χ0v) is 10.4. The number of hydrogen-bond donors (Lipinski definition) is 0. The molecule has 0 bridgehead atoms. The third-order valence-electron chi connectivity index (χ3n) is 3.91. The van der Waals surface area contributed by atoms with Crippen LogP contribution in [0.25, 0.3) is 21.9 Å². The van der Waals surface area contributed by atoms with Crippen LogP contribution in [0.15, 0.2) is 30.5 Å². The highest BCUT2D eigenvalue weighted by Gasteiger charge is 2.20. The summed E-state index contributed by atoms with van der Waals surface area (Å²) in [6, 6.07) is 8.34. The summed E-state index contributed by atoms with van der Waals surface area (Å²) in [4.78, 5) is 9.23. The van der Waals surface area contributed by atoms with E-state index in [1.807, 2.05) is 12.3 Å². The Bertz CT molecular complexity index is 742. The van der Waals surface area contributed by atoms with Crippen LogP contribution in [0.5, 0.6) is 0 Å². The van der Waals surface area contributed by atoms with Crippen LogP contribution in [-0.2, 0) is 13.0 Å². The Morgan fingerprint density at radius 3 is 3.06 bits per heavy atom. The van der Waals surface area contributed by atoms with Crippen molar-refractivity contribution in [3.05, 3.63) is 36.3 Å². The first-order chi connectivity index (χ1) is 8.83. The van der Waals surface area contributed by atoms with Gasteiger partial charge >= 0.3 is 0 Å².